The summed E-state index contributed by atoms with van der Waals surface area (Å²) in [5.74, 6) is -0.522. The number of allylic oxidation sites excluding steroid dienone is 8. The standard InChI is InChI=1S/C53H97NO5/c1-4-7-10-13-16-19-22-25-27-29-32-35-38-41-44-49(59-53(58)46-43-40-37-34-31-28-26-23-20-17-14-11-8-5-2)47-52(57)54-50(48-55)51(56)45-42-39-36-33-30-24-21-18-15-12-9-6-3/h7,10,16,19,25,27,32,35,49-51,55-56H,4-6,8-9,11-15,17-18,20-24,26,28-31,33-34,36-48H2,1-3H3,(H,54,57)/b10-7+,19-16+,27-25+,35-32+. The lowest BCUT2D eigenvalue weighted by Gasteiger charge is -2.24. The Kier molecular flexibility index (Phi) is 45.1. The highest BCUT2D eigenvalue weighted by molar-refractivity contribution is 5.77. The smallest absolute Gasteiger partial charge is 0.306 e. The van der Waals surface area contributed by atoms with Crippen LogP contribution in [0.1, 0.15) is 252 Å². The van der Waals surface area contributed by atoms with Crippen molar-refractivity contribution in [1.29, 1.82) is 0 Å². The lowest BCUT2D eigenvalue weighted by Crippen LogP contribution is -2.46. The van der Waals surface area contributed by atoms with Gasteiger partial charge in [-0.05, 0) is 57.8 Å². The van der Waals surface area contributed by atoms with Gasteiger partial charge in [-0.3, -0.25) is 9.59 Å². The van der Waals surface area contributed by atoms with E-state index in [2.05, 4.69) is 74.7 Å². The van der Waals surface area contributed by atoms with Crippen LogP contribution in [0.3, 0.4) is 0 Å². The van der Waals surface area contributed by atoms with E-state index in [1.54, 1.807) is 0 Å². The molecule has 0 saturated heterocycles. The number of amides is 1. The van der Waals surface area contributed by atoms with Crippen molar-refractivity contribution in [3.8, 4) is 0 Å². The predicted molar refractivity (Wildman–Crippen MR) is 255 cm³/mol. The first-order valence-electron chi connectivity index (χ1n) is 25.4. The zero-order chi connectivity index (χ0) is 43.1. The fourth-order valence-corrected chi connectivity index (χ4v) is 7.60. The van der Waals surface area contributed by atoms with E-state index in [0.29, 0.717) is 19.3 Å². The number of hydrogen-bond donors (Lipinski definition) is 3. The van der Waals surface area contributed by atoms with E-state index in [9.17, 15) is 19.8 Å². The molecule has 6 nitrogen and oxygen atoms in total. The molecule has 3 N–H and O–H groups in total. The van der Waals surface area contributed by atoms with E-state index in [-0.39, 0.29) is 24.9 Å². The Balaban J connectivity index is 4.65. The van der Waals surface area contributed by atoms with E-state index >= 15 is 0 Å². The normalized spacial score (nSPS) is 13.6. The largest absolute Gasteiger partial charge is 0.462 e. The third-order valence-corrected chi connectivity index (χ3v) is 11.4. The molecule has 0 aromatic carbocycles. The summed E-state index contributed by atoms with van der Waals surface area (Å²) < 4.78 is 5.90. The number of ether oxygens (including phenoxy) is 1. The van der Waals surface area contributed by atoms with Gasteiger partial charge >= 0.3 is 5.97 Å². The molecule has 3 atom stereocenters. The molecule has 59 heavy (non-hydrogen) atoms. The fourth-order valence-electron chi connectivity index (χ4n) is 7.60. The zero-order valence-corrected chi connectivity index (χ0v) is 39.1. The maximum Gasteiger partial charge on any atom is 0.306 e. The van der Waals surface area contributed by atoms with Crippen LogP contribution in [0.25, 0.3) is 0 Å². The van der Waals surface area contributed by atoms with Crippen LogP contribution >= 0.6 is 0 Å². The van der Waals surface area contributed by atoms with Crippen LogP contribution in [-0.4, -0.2) is 46.9 Å². The van der Waals surface area contributed by atoms with E-state index in [1.165, 1.54) is 128 Å². The second kappa shape index (κ2) is 46.9. The minimum absolute atomic E-state index is 0.0422. The molecule has 0 radical (unpaired) electrons. The summed E-state index contributed by atoms with van der Waals surface area (Å²) in [6, 6.07) is -0.716. The topological polar surface area (TPSA) is 95.9 Å². The van der Waals surface area contributed by atoms with Crippen LogP contribution in [-0.2, 0) is 14.3 Å². The van der Waals surface area contributed by atoms with Gasteiger partial charge < -0.3 is 20.3 Å². The van der Waals surface area contributed by atoms with Gasteiger partial charge in [-0.15, -0.1) is 0 Å². The first-order chi connectivity index (χ1) is 29.0. The highest BCUT2D eigenvalue weighted by Crippen LogP contribution is 2.17. The van der Waals surface area contributed by atoms with Crippen molar-refractivity contribution >= 4 is 11.9 Å². The molecular weight excluding hydrogens is 731 g/mol. The summed E-state index contributed by atoms with van der Waals surface area (Å²) in [4.78, 5) is 26.1. The molecule has 0 fully saturated rings. The maximum atomic E-state index is 13.2. The van der Waals surface area contributed by atoms with Crippen LogP contribution in [0.4, 0.5) is 0 Å². The third-order valence-electron chi connectivity index (χ3n) is 11.4. The lowest BCUT2D eigenvalue weighted by atomic mass is 10.0. The molecule has 344 valence electrons. The number of esters is 1. The Morgan fingerprint density at radius 3 is 1.36 bits per heavy atom. The van der Waals surface area contributed by atoms with E-state index in [1.807, 2.05) is 0 Å². The highest BCUT2D eigenvalue weighted by Gasteiger charge is 2.24. The van der Waals surface area contributed by atoms with Crippen molar-refractivity contribution in [1.82, 2.24) is 5.32 Å². The monoisotopic (exact) mass is 828 g/mol. The summed E-state index contributed by atoms with van der Waals surface area (Å²) >= 11 is 0. The summed E-state index contributed by atoms with van der Waals surface area (Å²) in [6.45, 7) is 6.35. The third kappa shape index (κ3) is 42.3. The Labute approximate surface area is 366 Å². The molecule has 3 unspecified atom stereocenters. The lowest BCUT2D eigenvalue weighted by molar-refractivity contribution is -0.151. The first-order valence-corrected chi connectivity index (χ1v) is 25.4. The molecule has 0 aromatic heterocycles. The van der Waals surface area contributed by atoms with Crippen LogP contribution < -0.4 is 5.32 Å². The maximum absolute atomic E-state index is 13.2. The highest BCUT2D eigenvalue weighted by atomic mass is 16.5. The molecule has 0 heterocycles. The molecule has 6 heteroatoms. The zero-order valence-electron chi connectivity index (χ0n) is 39.1. The molecule has 0 aliphatic heterocycles. The molecule has 0 spiro atoms. The number of aliphatic hydroxyl groups excluding tert-OH is 2. The van der Waals surface area contributed by atoms with Gasteiger partial charge in [-0.25, -0.2) is 0 Å². The van der Waals surface area contributed by atoms with Gasteiger partial charge in [-0.1, -0.05) is 230 Å². The number of carbonyl (C=O) groups is 2. The van der Waals surface area contributed by atoms with Gasteiger partial charge in [0.1, 0.15) is 6.10 Å². The number of nitrogens with one attached hydrogen (secondary N) is 1. The molecular formula is C53H97NO5. The van der Waals surface area contributed by atoms with E-state index in [0.717, 1.165) is 77.0 Å². The SMILES string of the molecule is CC/C=C/C/C=C/C/C=C/C/C=C/CCCC(CC(=O)NC(CO)C(O)CCCCCCCCCCCCCC)OC(=O)CCCCCCCCCCCCCCCC. The minimum atomic E-state index is -0.799. The Bertz CT molecular complexity index is 1020. The average Bonchev–Trinajstić information content (AvgIpc) is 3.23. The van der Waals surface area contributed by atoms with Gasteiger partial charge in [0.05, 0.1) is 25.2 Å². The molecule has 0 aromatic rings. The Hall–Kier alpha value is -2.18. The fraction of sp³-hybridized carbons (Fsp3) is 0.811. The minimum Gasteiger partial charge on any atom is -0.462 e. The van der Waals surface area contributed by atoms with Gasteiger partial charge in [0, 0.05) is 6.42 Å². The second-order valence-electron chi connectivity index (χ2n) is 17.2. The van der Waals surface area contributed by atoms with Crippen molar-refractivity contribution in [2.45, 2.75) is 270 Å². The van der Waals surface area contributed by atoms with Gasteiger partial charge in [0.15, 0.2) is 0 Å². The molecule has 0 aliphatic carbocycles. The molecule has 1 amide bonds. The number of hydrogen-bond acceptors (Lipinski definition) is 5. The second-order valence-corrected chi connectivity index (χ2v) is 17.2. The summed E-state index contributed by atoms with van der Waals surface area (Å²) in [7, 11) is 0. The van der Waals surface area contributed by atoms with Crippen LogP contribution in [0.2, 0.25) is 0 Å². The quantitative estimate of drug-likeness (QED) is 0.0323. The molecule has 0 saturated carbocycles. The summed E-state index contributed by atoms with van der Waals surface area (Å²) in [6.07, 6.45) is 56.0. The summed E-state index contributed by atoms with van der Waals surface area (Å²) in [5.41, 5.74) is 0. The predicted octanol–water partition coefficient (Wildman–Crippen LogP) is 15.1. The van der Waals surface area contributed by atoms with Crippen LogP contribution in [0, 0.1) is 0 Å². The van der Waals surface area contributed by atoms with Crippen LogP contribution in [0.5, 0.6) is 0 Å². The van der Waals surface area contributed by atoms with Crippen molar-refractivity contribution in [2.75, 3.05) is 6.61 Å². The van der Waals surface area contributed by atoms with Gasteiger partial charge in [0.25, 0.3) is 0 Å². The Morgan fingerprint density at radius 2 is 0.915 bits per heavy atom. The van der Waals surface area contributed by atoms with Crippen molar-refractivity contribution < 1.29 is 24.5 Å². The number of unbranched alkanes of at least 4 members (excludes halogenated alkanes) is 25. The first kappa shape index (κ1) is 56.8. The average molecular weight is 828 g/mol. The molecule has 0 bridgehead atoms. The molecule has 0 aliphatic rings. The number of rotatable bonds is 45. The van der Waals surface area contributed by atoms with Crippen LogP contribution in [0.15, 0.2) is 48.6 Å². The van der Waals surface area contributed by atoms with E-state index < -0.39 is 18.2 Å². The number of aliphatic hydroxyl groups is 2. The summed E-state index contributed by atoms with van der Waals surface area (Å²) in [5, 5.41) is 23.7. The van der Waals surface area contributed by atoms with Crippen molar-refractivity contribution in [3.05, 3.63) is 48.6 Å². The van der Waals surface area contributed by atoms with E-state index in [4.69, 9.17) is 4.74 Å². The number of carbonyl (C=O) groups excluding carboxylic acids is 2. The Morgan fingerprint density at radius 1 is 0.508 bits per heavy atom. The van der Waals surface area contributed by atoms with Gasteiger partial charge in [0.2, 0.25) is 5.91 Å². The molecule has 0 rings (SSSR count). The van der Waals surface area contributed by atoms with Crippen molar-refractivity contribution in [2.24, 2.45) is 0 Å². The van der Waals surface area contributed by atoms with Gasteiger partial charge in [-0.2, -0.15) is 0 Å². The van der Waals surface area contributed by atoms with Crippen molar-refractivity contribution in [3.63, 3.8) is 0 Å².